The standard InChI is InChI=1S/C13H24N4/c1-9(2)7-17-12(15-8-16-17)5-11(14)10-6-13(10,3)4/h8-11H,5-7,14H2,1-4H3. The van der Waals surface area contributed by atoms with E-state index in [9.17, 15) is 0 Å². The van der Waals surface area contributed by atoms with Crippen molar-refractivity contribution < 1.29 is 0 Å². The fourth-order valence-corrected chi connectivity index (χ4v) is 2.54. The third-order valence-corrected chi connectivity index (χ3v) is 3.76. The Hall–Kier alpha value is -0.900. The van der Waals surface area contributed by atoms with E-state index in [0.717, 1.165) is 18.8 Å². The summed E-state index contributed by atoms with van der Waals surface area (Å²) < 4.78 is 2.00. The lowest BCUT2D eigenvalue weighted by atomic mass is 10.0. The average Bonchev–Trinajstić information content (AvgIpc) is 2.63. The molecule has 1 saturated carbocycles. The first-order valence-corrected chi connectivity index (χ1v) is 6.52. The Morgan fingerprint density at radius 2 is 2.18 bits per heavy atom. The minimum Gasteiger partial charge on any atom is -0.327 e. The van der Waals surface area contributed by atoms with Crippen molar-refractivity contribution in [1.82, 2.24) is 14.8 Å². The zero-order valence-electron chi connectivity index (χ0n) is 11.3. The summed E-state index contributed by atoms with van der Waals surface area (Å²) in [5.41, 5.74) is 6.70. The van der Waals surface area contributed by atoms with Crippen LogP contribution in [0, 0.1) is 17.3 Å². The van der Waals surface area contributed by atoms with Crippen LogP contribution < -0.4 is 5.73 Å². The fraction of sp³-hybridized carbons (Fsp3) is 0.846. The predicted molar refractivity (Wildman–Crippen MR) is 68.4 cm³/mol. The van der Waals surface area contributed by atoms with Gasteiger partial charge in [0.05, 0.1) is 0 Å². The normalized spacial score (nSPS) is 24.0. The number of hydrogen-bond acceptors (Lipinski definition) is 3. The highest BCUT2D eigenvalue weighted by Crippen LogP contribution is 2.53. The largest absolute Gasteiger partial charge is 0.327 e. The van der Waals surface area contributed by atoms with Crippen molar-refractivity contribution in [2.24, 2.45) is 23.0 Å². The second-order valence-electron chi connectivity index (χ2n) is 6.42. The highest BCUT2D eigenvalue weighted by molar-refractivity contribution is 5.04. The van der Waals surface area contributed by atoms with Crippen LogP contribution in [0.15, 0.2) is 6.33 Å². The van der Waals surface area contributed by atoms with Crippen LogP contribution in [-0.2, 0) is 13.0 Å². The zero-order chi connectivity index (χ0) is 12.6. The van der Waals surface area contributed by atoms with Gasteiger partial charge in [0, 0.05) is 19.0 Å². The molecule has 2 rings (SSSR count). The summed E-state index contributed by atoms with van der Waals surface area (Å²) in [6.07, 6.45) is 3.73. The van der Waals surface area contributed by atoms with Gasteiger partial charge in [-0.05, 0) is 23.7 Å². The molecule has 1 aromatic heterocycles. The van der Waals surface area contributed by atoms with Crippen LogP contribution in [0.3, 0.4) is 0 Å². The maximum absolute atomic E-state index is 6.26. The van der Waals surface area contributed by atoms with Gasteiger partial charge in [-0.25, -0.2) is 9.67 Å². The lowest BCUT2D eigenvalue weighted by molar-refractivity contribution is 0.432. The first-order valence-electron chi connectivity index (χ1n) is 6.52. The Balaban J connectivity index is 1.97. The highest BCUT2D eigenvalue weighted by atomic mass is 15.3. The molecule has 17 heavy (non-hydrogen) atoms. The lowest BCUT2D eigenvalue weighted by Crippen LogP contribution is -2.29. The SMILES string of the molecule is CC(C)Cn1ncnc1CC(N)C1CC1(C)C. The van der Waals surface area contributed by atoms with Crippen LogP contribution in [0.2, 0.25) is 0 Å². The molecule has 1 aliphatic rings. The molecule has 96 valence electrons. The molecular weight excluding hydrogens is 212 g/mol. The van der Waals surface area contributed by atoms with Crippen molar-refractivity contribution in [1.29, 1.82) is 0 Å². The Kier molecular flexibility index (Phi) is 3.25. The van der Waals surface area contributed by atoms with Gasteiger partial charge in [0.25, 0.3) is 0 Å². The van der Waals surface area contributed by atoms with Crippen molar-refractivity contribution in [3.8, 4) is 0 Å². The van der Waals surface area contributed by atoms with Gasteiger partial charge in [-0.1, -0.05) is 27.7 Å². The van der Waals surface area contributed by atoms with E-state index in [2.05, 4.69) is 37.8 Å². The summed E-state index contributed by atoms with van der Waals surface area (Å²) in [6, 6.07) is 0.222. The van der Waals surface area contributed by atoms with Crippen molar-refractivity contribution in [2.45, 2.75) is 53.1 Å². The first-order chi connectivity index (χ1) is 7.90. The second kappa shape index (κ2) is 4.41. The third-order valence-electron chi connectivity index (χ3n) is 3.76. The molecule has 2 N–H and O–H groups in total. The number of aromatic nitrogens is 3. The van der Waals surface area contributed by atoms with E-state index in [1.165, 1.54) is 6.42 Å². The highest BCUT2D eigenvalue weighted by Gasteiger charge is 2.48. The van der Waals surface area contributed by atoms with Crippen molar-refractivity contribution >= 4 is 0 Å². The van der Waals surface area contributed by atoms with Crippen molar-refractivity contribution in [2.75, 3.05) is 0 Å². The monoisotopic (exact) mass is 236 g/mol. The summed E-state index contributed by atoms with van der Waals surface area (Å²) in [6.45, 7) is 9.88. The van der Waals surface area contributed by atoms with Crippen molar-refractivity contribution in [3.63, 3.8) is 0 Å². The summed E-state index contributed by atoms with van der Waals surface area (Å²) in [7, 11) is 0. The summed E-state index contributed by atoms with van der Waals surface area (Å²) in [5.74, 6) is 2.27. The predicted octanol–water partition coefficient (Wildman–Crippen LogP) is 1.85. The van der Waals surface area contributed by atoms with Crippen LogP contribution in [0.25, 0.3) is 0 Å². The van der Waals surface area contributed by atoms with Gasteiger partial charge in [-0.2, -0.15) is 5.10 Å². The first kappa shape index (κ1) is 12.6. The third kappa shape index (κ3) is 2.86. The molecule has 0 radical (unpaired) electrons. The molecule has 1 heterocycles. The minimum atomic E-state index is 0.222. The molecular formula is C13H24N4. The molecule has 0 amide bonds. The van der Waals surface area contributed by atoms with E-state index >= 15 is 0 Å². The second-order valence-corrected chi connectivity index (χ2v) is 6.42. The van der Waals surface area contributed by atoms with Crippen LogP contribution in [0.5, 0.6) is 0 Å². The molecule has 0 aromatic carbocycles. The summed E-state index contributed by atoms with van der Waals surface area (Å²) in [4.78, 5) is 4.34. The molecule has 1 aliphatic carbocycles. The van der Waals surface area contributed by atoms with E-state index in [0.29, 0.717) is 17.3 Å². The van der Waals surface area contributed by atoms with Gasteiger partial charge >= 0.3 is 0 Å². The molecule has 0 aliphatic heterocycles. The number of nitrogens with two attached hydrogens (primary N) is 1. The Labute approximate surface area is 104 Å². The van der Waals surface area contributed by atoms with Crippen LogP contribution in [0.1, 0.15) is 39.9 Å². The lowest BCUT2D eigenvalue weighted by Gasteiger charge is -2.14. The summed E-state index contributed by atoms with van der Waals surface area (Å²) in [5, 5.41) is 4.28. The molecule has 4 heteroatoms. The molecule has 0 bridgehead atoms. The smallest absolute Gasteiger partial charge is 0.138 e. The Bertz CT molecular complexity index is 381. The van der Waals surface area contributed by atoms with Gasteiger partial charge < -0.3 is 5.73 Å². The minimum absolute atomic E-state index is 0.222. The van der Waals surface area contributed by atoms with E-state index in [-0.39, 0.29) is 6.04 Å². The van der Waals surface area contributed by atoms with Gasteiger partial charge in [0.2, 0.25) is 0 Å². The molecule has 1 fully saturated rings. The van der Waals surface area contributed by atoms with Gasteiger partial charge in [0.15, 0.2) is 0 Å². The fourth-order valence-electron chi connectivity index (χ4n) is 2.54. The Morgan fingerprint density at radius 3 is 2.71 bits per heavy atom. The van der Waals surface area contributed by atoms with Gasteiger partial charge in [-0.3, -0.25) is 0 Å². The average molecular weight is 236 g/mol. The van der Waals surface area contributed by atoms with Gasteiger partial charge in [-0.15, -0.1) is 0 Å². The van der Waals surface area contributed by atoms with Crippen LogP contribution in [0.4, 0.5) is 0 Å². The molecule has 2 unspecified atom stereocenters. The summed E-state index contributed by atoms with van der Waals surface area (Å²) >= 11 is 0. The maximum atomic E-state index is 6.26. The number of nitrogens with zero attached hydrogens (tertiary/aromatic N) is 3. The van der Waals surface area contributed by atoms with Crippen molar-refractivity contribution in [3.05, 3.63) is 12.2 Å². The molecule has 0 saturated heterocycles. The van der Waals surface area contributed by atoms with Crippen LogP contribution >= 0.6 is 0 Å². The maximum Gasteiger partial charge on any atom is 0.138 e. The zero-order valence-corrected chi connectivity index (χ0v) is 11.3. The molecule has 1 aromatic rings. The number of hydrogen-bond donors (Lipinski definition) is 1. The topological polar surface area (TPSA) is 56.7 Å². The van der Waals surface area contributed by atoms with Crippen LogP contribution in [-0.4, -0.2) is 20.8 Å². The van der Waals surface area contributed by atoms with E-state index < -0.39 is 0 Å². The van der Waals surface area contributed by atoms with E-state index in [1.807, 2.05) is 4.68 Å². The number of rotatable bonds is 5. The van der Waals surface area contributed by atoms with E-state index in [4.69, 9.17) is 5.73 Å². The molecule has 2 atom stereocenters. The van der Waals surface area contributed by atoms with E-state index in [1.54, 1.807) is 6.33 Å². The molecule has 0 spiro atoms. The molecule has 4 nitrogen and oxygen atoms in total. The van der Waals surface area contributed by atoms with Gasteiger partial charge in [0.1, 0.15) is 12.2 Å². The quantitative estimate of drug-likeness (QED) is 0.849. The Morgan fingerprint density at radius 1 is 1.53 bits per heavy atom.